The lowest BCUT2D eigenvalue weighted by Crippen LogP contribution is -2.49. The monoisotopic (exact) mass is 469 g/mol. The molecule has 0 saturated carbocycles. The molecule has 0 spiro atoms. The third kappa shape index (κ3) is 3.77. The number of benzene rings is 2. The SMILES string of the molecule is COc1ccc(C(c2nc3cc(C(F)(F)F)ccc3[nH]2)C2(C(N)=O)C(C)=CC(C)=CC2C)cc1. The molecule has 3 N–H and O–H groups in total. The quantitative estimate of drug-likeness (QED) is 0.500. The molecule has 3 unspecified atom stereocenters. The number of carbonyl (C=O) groups is 1. The Balaban J connectivity index is 1.99. The summed E-state index contributed by atoms with van der Waals surface area (Å²) in [6, 6.07) is 10.6. The first-order valence-electron chi connectivity index (χ1n) is 10.9. The van der Waals surface area contributed by atoms with Gasteiger partial charge in [-0.15, -0.1) is 0 Å². The van der Waals surface area contributed by atoms with Crippen LogP contribution < -0.4 is 10.5 Å². The molecule has 0 aliphatic heterocycles. The molecule has 5 nitrogen and oxygen atoms in total. The molecule has 178 valence electrons. The number of fused-ring (bicyclic) bond motifs is 1. The van der Waals surface area contributed by atoms with Crippen molar-refractivity contribution in [2.75, 3.05) is 7.11 Å². The maximum atomic E-state index is 13.3. The molecule has 0 fully saturated rings. The Bertz CT molecular complexity index is 1310. The summed E-state index contributed by atoms with van der Waals surface area (Å²) >= 11 is 0. The van der Waals surface area contributed by atoms with Crippen molar-refractivity contribution in [3.63, 3.8) is 0 Å². The van der Waals surface area contributed by atoms with Crippen molar-refractivity contribution in [1.29, 1.82) is 0 Å². The highest BCUT2D eigenvalue weighted by atomic mass is 19.4. The number of H-pyrrole nitrogens is 1. The van der Waals surface area contributed by atoms with Gasteiger partial charge in [-0.05, 0) is 55.7 Å². The smallest absolute Gasteiger partial charge is 0.416 e. The molecular weight excluding hydrogens is 443 g/mol. The zero-order valence-electron chi connectivity index (χ0n) is 19.3. The second kappa shape index (κ2) is 8.34. The lowest BCUT2D eigenvalue weighted by Gasteiger charge is -2.44. The van der Waals surface area contributed by atoms with E-state index in [0.717, 1.165) is 28.8 Å². The van der Waals surface area contributed by atoms with E-state index in [1.165, 1.54) is 6.07 Å². The highest BCUT2D eigenvalue weighted by Crippen LogP contribution is 2.53. The molecule has 0 saturated heterocycles. The second-order valence-corrected chi connectivity index (χ2v) is 8.82. The predicted molar refractivity (Wildman–Crippen MR) is 124 cm³/mol. The number of hydrogen-bond donors (Lipinski definition) is 2. The van der Waals surface area contributed by atoms with Crippen molar-refractivity contribution in [3.8, 4) is 5.75 Å². The van der Waals surface area contributed by atoms with Gasteiger partial charge in [0.2, 0.25) is 5.91 Å². The topological polar surface area (TPSA) is 81.0 Å². The molecule has 1 aliphatic rings. The van der Waals surface area contributed by atoms with Crippen LogP contribution in [0, 0.1) is 11.3 Å². The molecule has 3 aromatic rings. The summed E-state index contributed by atoms with van der Waals surface area (Å²) in [5.74, 6) is -0.496. The van der Waals surface area contributed by atoms with Gasteiger partial charge in [-0.1, -0.05) is 42.4 Å². The van der Waals surface area contributed by atoms with Gasteiger partial charge in [-0.2, -0.15) is 13.2 Å². The first-order valence-corrected chi connectivity index (χ1v) is 10.9. The number of nitrogens with two attached hydrogens (primary N) is 1. The van der Waals surface area contributed by atoms with Crippen LogP contribution >= 0.6 is 0 Å². The average molecular weight is 470 g/mol. The van der Waals surface area contributed by atoms with Gasteiger partial charge in [-0.3, -0.25) is 4.79 Å². The molecule has 3 atom stereocenters. The molecule has 2 aromatic carbocycles. The average Bonchev–Trinajstić information content (AvgIpc) is 3.18. The molecule has 0 bridgehead atoms. The summed E-state index contributed by atoms with van der Waals surface area (Å²) in [6.45, 7) is 5.73. The van der Waals surface area contributed by atoms with Crippen LogP contribution in [0.1, 0.15) is 43.6 Å². The number of primary amides is 1. The number of hydrogen-bond acceptors (Lipinski definition) is 3. The van der Waals surface area contributed by atoms with Crippen LogP contribution in [0.3, 0.4) is 0 Å². The minimum Gasteiger partial charge on any atom is -0.497 e. The summed E-state index contributed by atoms with van der Waals surface area (Å²) in [6.07, 6.45) is -0.582. The summed E-state index contributed by atoms with van der Waals surface area (Å²) in [7, 11) is 1.55. The molecule has 1 amide bonds. The first kappa shape index (κ1) is 23.6. The molecule has 34 heavy (non-hydrogen) atoms. The van der Waals surface area contributed by atoms with Gasteiger partial charge in [0.25, 0.3) is 0 Å². The number of methoxy groups -OCH3 is 1. The number of amides is 1. The largest absolute Gasteiger partial charge is 0.497 e. The fourth-order valence-corrected chi connectivity index (χ4v) is 5.22. The number of rotatable bonds is 5. The van der Waals surface area contributed by atoms with E-state index in [-0.39, 0.29) is 11.4 Å². The Hall–Kier alpha value is -3.55. The third-order valence-electron chi connectivity index (χ3n) is 6.74. The number of allylic oxidation sites excluding steroid dienone is 3. The molecule has 8 heteroatoms. The molecule has 1 aliphatic carbocycles. The lowest BCUT2D eigenvalue weighted by molar-refractivity contribution is -0.137. The van der Waals surface area contributed by atoms with Crippen molar-refractivity contribution >= 4 is 16.9 Å². The van der Waals surface area contributed by atoms with E-state index in [9.17, 15) is 18.0 Å². The number of nitrogens with one attached hydrogen (secondary N) is 1. The van der Waals surface area contributed by atoms with Gasteiger partial charge in [0.1, 0.15) is 11.6 Å². The fraction of sp³-hybridized carbons (Fsp3) is 0.308. The van der Waals surface area contributed by atoms with Crippen LogP contribution in [0.15, 0.2) is 65.8 Å². The van der Waals surface area contributed by atoms with Crippen molar-refractivity contribution < 1.29 is 22.7 Å². The Kier molecular flexibility index (Phi) is 5.79. The fourth-order valence-electron chi connectivity index (χ4n) is 5.22. The number of ether oxygens (including phenoxy) is 1. The van der Waals surface area contributed by atoms with E-state index in [1.54, 1.807) is 19.2 Å². The number of halogens is 3. The van der Waals surface area contributed by atoms with Crippen molar-refractivity contribution in [3.05, 3.63) is 82.7 Å². The van der Waals surface area contributed by atoms with Gasteiger partial charge >= 0.3 is 6.18 Å². The number of alkyl halides is 3. The molecule has 0 radical (unpaired) electrons. The highest BCUT2D eigenvalue weighted by Gasteiger charge is 2.53. The molecule has 1 heterocycles. The summed E-state index contributed by atoms with van der Waals surface area (Å²) < 4.78 is 45.1. The van der Waals surface area contributed by atoms with Crippen LogP contribution in [0.5, 0.6) is 5.75 Å². The maximum Gasteiger partial charge on any atom is 0.416 e. The summed E-state index contributed by atoms with van der Waals surface area (Å²) in [4.78, 5) is 21.0. The van der Waals surface area contributed by atoms with E-state index >= 15 is 0 Å². The predicted octanol–water partition coefficient (Wildman–Crippen LogP) is 5.74. The Morgan fingerprint density at radius 3 is 2.41 bits per heavy atom. The Labute approximate surface area is 195 Å². The van der Waals surface area contributed by atoms with Crippen molar-refractivity contribution in [1.82, 2.24) is 9.97 Å². The zero-order valence-corrected chi connectivity index (χ0v) is 19.3. The number of nitrogens with zero attached hydrogens (tertiary/aromatic N) is 1. The third-order valence-corrected chi connectivity index (χ3v) is 6.74. The van der Waals surface area contributed by atoms with Gasteiger partial charge in [0, 0.05) is 0 Å². The normalized spacial score (nSPS) is 21.7. The summed E-state index contributed by atoms with van der Waals surface area (Å²) in [5.41, 5.74) is 7.26. The molecular formula is C26H26F3N3O2. The molecule has 1 aromatic heterocycles. The second-order valence-electron chi connectivity index (χ2n) is 8.82. The highest BCUT2D eigenvalue weighted by molar-refractivity contribution is 5.88. The minimum absolute atomic E-state index is 0.166. The maximum absolute atomic E-state index is 13.3. The van der Waals surface area contributed by atoms with Crippen LogP contribution in [0.4, 0.5) is 13.2 Å². The van der Waals surface area contributed by atoms with Gasteiger partial charge in [0.05, 0.1) is 35.0 Å². The number of aromatic amines is 1. The van der Waals surface area contributed by atoms with Gasteiger partial charge in [0.15, 0.2) is 0 Å². The van der Waals surface area contributed by atoms with E-state index in [1.807, 2.05) is 45.1 Å². The van der Waals surface area contributed by atoms with Crippen LogP contribution in [-0.4, -0.2) is 23.0 Å². The van der Waals surface area contributed by atoms with Gasteiger partial charge in [-0.25, -0.2) is 4.98 Å². The summed E-state index contributed by atoms with van der Waals surface area (Å²) in [5, 5.41) is 0. The molecule has 4 rings (SSSR count). The zero-order chi connectivity index (χ0) is 24.8. The van der Waals surface area contributed by atoms with E-state index in [2.05, 4.69) is 9.97 Å². The Morgan fingerprint density at radius 2 is 1.85 bits per heavy atom. The standard InChI is InChI=1S/C26H26F3N3O2/c1-14-11-15(2)25(24(30)33,16(3)12-14)22(17-5-8-19(34-4)9-6-17)23-31-20-10-7-18(26(27,28)29)13-21(20)32-23/h5-13,15,22H,1-4H3,(H2,30,33)(H,31,32). The van der Waals surface area contributed by atoms with Crippen molar-refractivity contribution in [2.45, 2.75) is 32.9 Å². The minimum atomic E-state index is -4.49. The van der Waals surface area contributed by atoms with Gasteiger partial charge < -0.3 is 15.5 Å². The van der Waals surface area contributed by atoms with Crippen LogP contribution in [0.25, 0.3) is 11.0 Å². The van der Waals surface area contributed by atoms with Crippen molar-refractivity contribution in [2.24, 2.45) is 17.1 Å². The number of imidazole rings is 1. The van der Waals surface area contributed by atoms with E-state index in [4.69, 9.17) is 10.5 Å². The van der Waals surface area contributed by atoms with E-state index < -0.39 is 29.0 Å². The number of carbonyl (C=O) groups excluding carboxylic acids is 1. The number of aromatic nitrogens is 2. The lowest BCUT2D eigenvalue weighted by atomic mass is 9.58. The Morgan fingerprint density at radius 1 is 1.18 bits per heavy atom. The van der Waals surface area contributed by atoms with Crippen LogP contribution in [-0.2, 0) is 11.0 Å². The van der Waals surface area contributed by atoms with Crippen LogP contribution in [0.2, 0.25) is 0 Å². The van der Waals surface area contributed by atoms with E-state index in [0.29, 0.717) is 17.1 Å². The first-order chi connectivity index (χ1) is 16.0.